The Hall–Kier alpha value is -1.77. The molecule has 1 N–H and O–H groups in total. The SMILES string of the molecule is C=NCCc1c[nH]c2ccc(OC)cc12. The Morgan fingerprint density at radius 2 is 2.33 bits per heavy atom. The van der Waals surface area contributed by atoms with Gasteiger partial charge in [0.1, 0.15) is 5.75 Å². The summed E-state index contributed by atoms with van der Waals surface area (Å²) in [5.74, 6) is 0.884. The zero-order valence-corrected chi connectivity index (χ0v) is 8.79. The molecule has 1 heterocycles. The molecule has 2 aromatic rings. The number of fused-ring (bicyclic) bond motifs is 1. The predicted molar refractivity (Wildman–Crippen MR) is 63.0 cm³/mol. The van der Waals surface area contributed by atoms with E-state index in [0.717, 1.165) is 24.2 Å². The number of aromatic nitrogens is 1. The summed E-state index contributed by atoms with van der Waals surface area (Å²) in [7, 11) is 1.68. The fraction of sp³-hybridized carbons (Fsp3) is 0.250. The number of aliphatic imine (C=N–C) groups is 1. The molecule has 2 rings (SSSR count). The number of hydrogen-bond donors (Lipinski definition) is 1. The number of hydrogen-bond acceptors (Lipinski definition) is 2. The minimum Gasteiger partial charge on any atom is -0.497 e. The molecule has 0 atom stereocenters. The van der Waals surface area contributed by atoms with Gasteiger partial charge in [0.15, 0.2) is 0 Å². The zero-order chi connectivity index (χ0) is 10.7. The number of aromatic amines is 1. The van der Waals surface area contributed by atoms with Gasteiger partial charge in [-0.05, 0) is 36.9 Å². The van der Waals surface area contributed by atoms with E-state index in [0.29, 0.717) is 0 Å². The van der Waals surface area contributed by atoms with E-state index >= 15 is 0 Å². The van der Waals surface area contributed by atoms with Gasteiger partial charge < -0.3 is 14.7 Å². The smallest absolute Gasteiger partial charge is 0.119 e. The molecule has 0 unspecified atom stereocenters. The van der Waals surface area contributed by atoms with Crippen molar-refractivity contribution < 1.29 is 4.74 Å². The van der Waals surface area contributed by atoms with Gasteiger partial charge in [-0.15, -0.1) is 0 Å². The number of methoxy groups -OCH3 is 1. The average molecular weight is 202 g/mol. The van der Waals surface area contributed by atoms with E-state index in [1.807, 2.05) is 24.4 Å². The highest BCUT2D eigenvalue weighted by Gasteiger charge is 2.04. The Balaban J connectivity index is 2.41. The number of ether oxygens (including phenoxy) is 1. The van der Waals surface area contributed by atoms with E-state index in [9.17, 15) is 0 Å². The van der Waals surface area contributed by atoms with Crippen LogP contribution in [0.3, 0.4) is 0 Å². The predicted octanol–water partition coefficient (Wildman–Crippen LogP) is 2.42. The van der Waals surface area contributed by atoms with Crippen LogP contribution in [0.1, 0.15) is 5.56 Å². The summed E-state index contributed by atoms with van der Waals surface area (Å²) < 4.78 is 5.20. The third-order valence-corrected chi connectivity index (χ3v) is 2.51. The number of nitrogens with one attached hydrogen (secondary N) is 1. The largest absolute Gasteiger partial charge is 0.497 e. The Kier molecular flexibility index (Phi) is 2.72. The van der Waals surface area contributed by atoms with Crippen molar-refractivity contribution in [1.29, 1.82) is 0 Å². The summed E-state index contributed by atoms with van der Waals surface area (Å²) in [6, 6.07) is 6.03. The Morgan fingerprint density at radius 1 is 1.47 bits per heavy atom. The maximum atomic E-state index is 5.20. The molecule has 0 aliphatic carbocycles. The molecule has 0 spiro atoms. The molecule has 3 nitrogen and oxygen atoms in total. The fourth-order valence-electron chi connectivity index (χ4n) is 1.69. The van der Waals surface area contributed by atoms with Crippen molar-refractivity contribution >= 4 is 17.6 Å². The lowest BCUT2D eigenvalue weighted by Crippen LogP contribution is -1.87. The summed E-state index contributed by atoms with van der Waals surface area (Å²) in [6.45, 7) is 4.24. The summed E-state index contributed by atoms with van der Waals surface area (Å²) >= 11 is 0. The molecule has 3 heteroatoms. The number of H-pyrrole nitrogens is 1. The fourth-order valence-corrected chi connectivity index (χ4v) is 1.69. The van der Waals surface area contributed by atoms with Crippen molar-refractivity contribution in [3.05, 3.63) is 30.0 Å². The van der Waals surface area contributed by atoms with E-state index in [4.69, 9.17) is 4.74 Å². The average Bonchev–Trinajstić information content (AvgIpc) is 2.68. The van der Waals surface area contributed by atoms with Crippen LogP contribution in [0, 0.1) is 0 Å². The Labute approximate surface area is 88.8 Å². The minimum absolute atomic E-state index is 0.754. The lowest BCUT2D eigenvalue weighted by molar-refractivity contribution is 0.415. The van der Waals surface area contributed by atoms with E-state index < -0.39 is 0 Å². The van der Waals surface area contributed by atoms with Crippen molar-refractivity contribution in [2.24, 2.45) is 4.99 Å². The van der Waals surface area contributed by atoms with Crippen LogP contribution in [-0.4, -0.2) is 25.4 Å². The van der Waals surface area contributed by atoms with Crippen LogP contribution < -0.4 is 4.74 Å². The van der Waals surface area contributed by atoms with Gasteiger partial charge in [0, 0.05) is 23.6 Å². The van der Waals surface area contributed by atoms with Crippen LogP contribution in [0.25, 0.3) is 10.9 Å². The molecule has 0 aliphatic rings. The Bertz CT molecular complexity index is 473. The second kappa shape index (κ2) is 4.17. The van der Waals surface area contributed by atoms with Gasteiger partial charge in [-0.25, -0.2) is 0 Å². The second-order valence-electron chi connectivity index (χ2n) is 3.42. The molecule has 1 aromatic carbocycles. The summed E-state index contributed by atoms with van der Waals surface area (Å²) in [5, 5.41) is 1.21. The van der Waals surface area contributed by atoms with E-state index in [-0.39, 0.29) is 0 Å². The van der Waals surface area contributed by atoms with Crippen molar-refractivity contribution in [2.45, 2.75) is 6.42 Å². The van der Waals surface area contributed by atoms with Crippen molar-refractivity contribution in [2.75, 3.05) is 13.7 Å². The lowest BCUT2D eigenvalue weighted by Gasteiger charge is -2.00. The number of benzene rings is 1. The van der Waals surface area contributed by atoms with Gasteiger partial charge in [-0.2, -0.15) is 0 Å². The monoisotopic (exact) mass is 202 g/mol. The van der Waals surface area contributed by atoms with Gasteiger partial charge in [0.25, 0.3) is 0 Å². The first-order valence-corrected chi connectivity index (χ1v) is 4.91. The molecule has 0 aliphatic heterocycles. The molecule has 0 radical (unpaired) electrons. The third kappa shape index (κ3) is 1.86. The third-order valence-electron chi connectivity index (χ3n) is 2.51. The summed E-state index contributed by atoms with van der Waals surface area (Å²) in [5.41, 5.74) is 2.39. The van der Waals surface area contributed by atoms with Crippen LogP contribution in [0.4, 0.5) is 0 Å². The summed E-state index contributed by atoms with van der Waals surface area (Å²) in [4.78, 5) is 7.10. The normalized spacial score (nSPS) is 10.5. The van der Waals surface area contributed by atoms with Gasteiger partial charge in [0.05, 0.1) is 7.11 Å². The van der Waals surface area contributed by atoms with Gasteiger partial charge >= 0.3 is 0 Å². The highest BCUT2D eigenvalue weighted by molar-refractivity contribution is 5.84. The quantitative estimate of drug-likeness (QED) is 0.759. The Morgan fingerprint density at radius 3 is 3.07 bits per heavy atom. The summed E-state index contributed by atoms with van der Waals surface area (Å²) in [6.07, 6.45) is 2.94. The standard InChI is InChI=1S/C12H14N2O/c1-13-6-5-9-8-14-12-4-3-10(15-2)7-11(9)12/h3-4,7-8,14H,1,5-6H2,2H3. The van der Waals surface area contributed by atoms with Crippen molar-refractivity contribution in [3.63, 3.8) is 0 Å². The van der Waals surface area contributed by atoms with Crippen LogP contribution in [0.2, 0.25) is 0 Å². The maximum absolute atomic E-state index is 5.20. The first kappa shape index (κ1) is 9.77. The van der Waals surface area contributed by atoms with Crippen LogP contribution in [0.15, 0.2) is 29.4 Å². The second-order valence-corrected chi connectivity index (χ2v) is 3.42. The first-order chi connectivity index (χ1) is 7.35. The van der Waals surface area contributed by atoms with Gasteiger partial charge in [-0.1, -0.05) is 0 Å². The molecule has 78 valence electrons. The topological polar surface area (TPSA) is 37.4 Å². The van der Waals surface area contributed by atoms with Crippen LogP contribution >= 0.6 is 0 Å². The molecule has 15 heavy (non-hydrogen) atoms. The van der Waals surface area contributed by atoms with E-state index in [2.05, 4.69) is 16.7 Å². The lowest BCUT2D eigenvalue weighted by atomic mass is 10.1. The molecule has 0 bridgehead atoms. The molecule has 0 fully saturated rings. The number of nitrogens with zero attached hydrogens (tertiary/aromatic N) is 1. The number of rotatable bonds is 4. The maximum Gasteiger partial charge on any atom is 0.119 e. The van der Waals surface area contributed by atoms with Crippen molar-refractivity contribution in [3.8, 4) is 5.75 Å². The first-order valence-electron chi connectivity index (χ1n) is 4.91. The van der Waals surface area contributed by atoms with E-state index in [1.54, 1.807) is 7.11 Å². The van der Waals surface area contributed by atoms with Gasteiger partial charge in [-0.3, -0.25) is 0 Å². The van der Waals surface area contributed by atoms with Crippen LogP contribution in [-0.2, 0) is 6.42 Å². The van der Waals surface area contributed by atoms with Crippen molar-refractivity contribution in [1.82, 2.24) is 4.98 Å². The molecule has 0 saturated carbocycles. The molecular formula is C12H14N2O. The highest BCUT2D eigenvalue weighted by Crippen LogP contribution is 2.23. The molecule has 1 aromatic heterocycles. The zero-order valence-electron chi connectivity index (χ0n) is 8.79. The molecule has 0 saturated heterocycles. The minimum atomic E-state index is 0.754. The highest BCUT2D eigenvalue weighted by atomic mass is 16.5. The molecular weight excluding hydrogens is 188 g/mol. The van der Waals surface area contributed by atoms with Crippen LogP contribution in [0.5, 0.6) is 5.75 Å². The van der Waals surface area contributed by atoms with E-state index in [1.165, 1.54) is 10.9 Å². The van der Waals surface area contributed by atoms with Gasteiger partial charge in [0.2, 0.25) is 0 Å². The molecule has 0 amide bonds.